The maximum atomic E-state index is 14.0. The molecule has 1 aromatic rings. The first-order valence-electron chi connectivity index (χ1n) is 25.6. The molecule has 1 rings (SSSR count). The summed E-state index contributed by atoms with van der Waals surface area (Å²) in [7, 11) is 0. The average Bonchev–Trinajstić information content (AvgIpc) is 3.36. The molecule has 79 heavy (non-hydrogen) atoms. The number of carboxylic acids is 3. The lowest BCUT2D eigenvalue weighted by Gasteiger charge is -2.29. The van der Waals surface area contributed by atoms with Crippen LogP contribution in [0.15, 0.2) is 35.3 Å². The number of unbranched alkanes of at least 4 members (excludes halogenated alkanes) is 1. The van der Waals surface area contributed by atoms with Crippen LogP contribution in [0.3, 0.4) is 0 Å². The van der Waals surface area contributed by atoms with Crippen LogP contribution in [0.4, 0.5) is 0 Å². The zero-order valence-corrected chi connectivity index (χ0v) is 45.2. The normalized spacial score (nSPS) is 14.8. The number of carbonyl (C=O) groups excluding carboxylic acids is 9. The van der Waals surface area contributed by atoms with Gasteiger partial charge in [0, 0.05) is 19.4 Å². The molecule has 0 saturated heterocycles. The number of aliphatic hydroxyl groups excluding tert-OH is 1. The first-order chi connectivity index (χ1) is 37.0. The van der Waals surface area contributed by atoms with Crippen LogP contribution >= 0.6 is 0 Å². The van der Waals surface area contributed by atoms with E-state index in [0.717, 1.165) is 6.92 Å². The molecule has 0 heterocycles. The van der Waals surface area contributed by atoms with E-state index in [9.17, 15) is 78.0 Å². The van der Waals surface area contributed by atoms with Crippen LogP contribution in [0.2, 0.25) is 0 Å². The summed E-state index contributed by atoms with van der Waals surface area (Å²) in [6.45, 7) is 7.88. The van der Waals surface area contributed by atoms with E-state index in [1.165, 1.54) is 34.6 Å². The highest BCUT2D eigenvalue weighted by atomic mass is 16.4. The van der Waals surface area contributed by atoms with E-state index in [0.29, 0.717) is 12.0 Å². The number of carbonyl (C=O) groups is 12. The van der Waals surface area contributed by atoms with E-state index in [1.807, 2.05) is 0 Å². The minimum absolute atomic E-state index is 0.0426. The summed E-state index contributed by atoms with van der Waals surface area (Å²) in [6.07, 6.45) is -3.19. The van der Waals surface area contributed by atoms with Crippen LogP contribution in [0.1, 0.15) is 98.5 Å². The van der Waals surface area contributed by atoms with Crippen LogP contribution < -0.4 is 70.8 Å². The lowest BCUT2D eigenvalue weighted by atomic mass is 10.00. The molecule has 0 aliphatic rings. The molecule has 0 unspecified atom stereocenters. The van der Waals surface area contributed by atoms with Crippen LogP contribution in [0.5, 0.6) is 0 Å². The monoisotopic (exact) mass is 1120 g/mol. The standard InChI is InChI=1S/C49H80N14O16/c1-24(2)37(61-43(73)31(17-18-35(66)67)57-40(70)26(5)51)46(76)59-32(22-36(68)69)44(74)58-30(15-10-11-19-50)42(72)62-38(25(3)4)47(77)63-39(27(6)64)45(75)55-23-34(65)56-29(16-12-20-54-49(52)53)41(71)60-33(48(78)79)21-28-13-8-7-9-14-28/h7-9,13-14,24-27,29-33,37-39,64H,10-12,15-23,50-51H2,1-6H3,(H,55,75)(H,56,65)(H,57,70)(H,58,74)(H,59,76)(H,60,71)(H,61,73)(H,62,72)(H,63,77)(H,66,67)(H,68,69)(H,78,79)(H4,52,53,54)/t26-,27+,29-,30-,31-,32-,33-,37-,38-,39-/m0/s1. The van der Waals surface area contributed by atoms with Crippen molar-refractivity contribution >= 4 is 77.0 Å². The number of hydrogen-bond donors (Lipinski definition) is 17. The lowest BCUT2D eigenvalue weighted by Crippen LogP contribution is -2.62. The number of rotatable bonds is 37. The third-order valence-electron chi connectivity index (χ3n) is 11.8. The van der Waals surface area contributed by atoms with E-state index < -0.39 is 169 Å². The highest BCUT2D eigenvalue weighted by Crippen LogP contribution is 2.11. The molecule has 10 atom stereocenters. The van der Waals surface area contributed by atoms with Crippen molar-refractivity contribution < 1.29 is 78.0 Å². The van der Waals surface area contributed by atoms with E-state index in [1.54, 1.807) is 30.3 Å². The minimum Gasteiger partial charge on any atom is -0.481 e. The van der Waals surface area contributed by atoms with Crippen molar-refractivity contribution in [3.8, 4) is 0 Å². The van der Waals surface area contributed by atoms with E-state index >= 15 is 0 Å². The summed E-state index contributed by atoms with van der Waals surface area (Å²) in [5.41, 5.74) is 22.7. The number of aliphatic carboxylic acids is 3. The molecule has 0 aromatic heterocycles. The van der Waals surface area contributed by atoms with Crippen molar-refractivity contribution in [3.05, 3.63) is 35.9 Å². The van der Waals surface area contributed by atoms with Gasteiger partial charge in [-0.05, 0) is 76.3 Å². The fourth-order valence-electron chi connectivity index (χ4n) is 7.36. The van der Waals surface area contributed by atoms with Crippen LogP contribution in [0, 0.1) is 11.8 Å². The second-order valence-electron chi connectivity index (χ2n) is 19.4. The Bertz CT molecular complexity index is 2280. The quantitative estimate of drug-likeness (QED) is 0.0168. The Kier molecular flexibility index (Phi) is 31.0. The van der Waals surface area contributed by atoms with Crippen molar-refractivity contribution in [2.75, 3.05) is 19.6 Å². The molecule has 0 fully saturated rings. The second kappa shape index (κ2) is 35.4. The lowest BCUT2D eigenvalue weighted by molar-refractivity contribution is -0.142. The molecule has 0 bridgehead atoms. The molecule has 0 radical (unpaired) electrons. The third-order valence-corrected chi connectivity index (χ3v) is 11.8. The predicted octanol–water partition coefficient (Wildman–Crippen LogP) is -5.13. The molecule has 9 amide bonds. The molecule has 442 valence electrons. The molecular formula is C49H80N14O16. The number of aliphatic hydroxyl groups is 1. The van der Waals surface area contributed by atoms with E-state index in [4.69, 9.17) is 22.9 Å². The molecule has 30 heteroatoms. The van der Waals surface area contributed by atoms with Crippen LogP contribution in [0.25, 0.3) is 0 Å². The SMILES string of the molecule is CC(C)[C@H](NC(=O)[C@H](CCC(=O)O)NC(=O)[C@H](C)N)C(=O)N[C@@H](CC(=O)O)C(=O)N[C@@H](CCCCN)C(=O)N[C@H](C(=O)N[C@H](C(=O)NCC(=O)N[C@@H](CCCN=C(N)N)C(=O)N[C@@H](Cc1ccccc1)C(=O)O)[C@@H](C)O)C(C)C. The first kappa shape index (κ1) is 69.0. The molecular weight excluding hydrogens is 1040 g/mol. The number of benzene rings is 1. The van der Waals surface area contributed by atoms with Crippen molar-refractivity contribution in [3.63, 3.8) is 0 Å². The number of nitrogens with two attached hydrogens (primary N) is 4. The Hall–Kier alpha value is -7.99. The fourth-order valence-corrected chi connectivity index (χ4v) is 7.36. The van der Waals surface area contributed by atoms with E-state index in [2.05, 4.69) is 52.8 Å². The van der Waals surface area contributed by atoms with Crippen molar-refractivity contribution in [2.45, 2.75) is 160 Å². The Morgan fingerprint density at radius 1 is 0.532 bits per heavy atom. The number of nitrogens with one attached hydrogen (secondary N) is 9. The van der Waals surface area contributed by atoms with Gasteiger partial charge in [0.05, 0.1) is 25.1 Å². The third kappa shape index (κ3) is 26.8. The van der Waals surface area contributed by atoms with Gasteiger partial charge in [0.15, 0.2) is 5.96 Å². The maximum absolute atomic E-state index is 14.0. The highest BCUT2D eigenvalue weighted by Gasteiger charge is 2.37. The van der Waals surface area contributed by atoms with Gasteiger partial charge in [-0.2, -0.15) is 0 Å². The molecule has 0 aliphatic carbocycles. The molecule has 0 spiro atoms. The summed E-state index contributed by atoms with van der Waals surface area (Å²) in [5.74, 6) is -14.8. The second-order valence-corrected chi connectivity index (χ2v) is 19.4. The summed E-state index contributed by atoms with van der Waals surface area (Å²) in [6, 6.07) is -4.94. The van der Waals surface area contributed by atoms with Crippen molar-refractivity contribution in [2.24, 2.45) is 39.8 Å². The first-order valence-corrected chi connectivity index (χ1v) is 25.6. The van der Waals surface area contributed by atoms with Gasteiger partial charge < -0.3 is 91.2 Å². The zero-order chi connectivity index (χ0) is 60.1. The summed E-state index contributed by atoms with van der Waals surface area (Å²) in [4.78, 5) is 160. The smallest absolute Gasteiger partial charge is 0.326 e. The molecule has 21 N–H and O–H groups in total. The molecule has 0 saturated carbocycles. The number of aliphatic imine (C=N–C) groups is 1. The number of amides is 9. The summed E-state index contributed by atoms with van der Waals surface area (Å²) >= 11 is 0. The van der Waals surface area contributed by atoms with E-state index in [-0.39, 0.29) is 51.2 Å². The van der Waals surface area contributed by atoms with Crippen LogP contribution in [-0.4, -0.2) is 178 Å². The van der Waals surface area contributed by atoms with Gasteiger partial charge in [-0.25, -0.2) is 4.79 Å². The van der Waals surface area contributed by atoms with Crippen molar-refractivity contribution in [1.29, 1.82) is 0 Å². The number of carboxylic acid groups (broad SMARTS) is 3. The topological polar surface area (TPSA) is 510 Å². The van der Waals surface area contributed by atoms with Gasteiger partial charge in [0.2, 0.25) is 53.2 Å². The van der Waals surface area contributed by atoms with Gasteiger partial charge in [-0.1, -0.05) is 58.0 Å². The Morgan fingerprint density at radius 3 is 1.49 bits per heavy atom. The largest absolute Gasteiger partial charge is 0.481 e. The number of hydrogen-bond acceptors (Lipinski definition) is 16. The fraction of sp³-hybridized carbons (Fsp3) is 0.612. The van der Waals surface area contributed by atoms with Gasteiger partial charge in [0.25, 0.3) is 0 Å². The van der Waals surface area contributed by atoms with Gasteiger partial charge in [-0.15, -0.1) is 0 Å². The predicted molar refractivity (Wildman–Crippen MR) is 283 cm³/mol. The zero-order valence-electron chi connectivity index (χ0n) is 45.2. The van der Waals surface area contributed by atoms with Gasteiger partial charge >= 0.3 is 17.9 Å². The van der Waals surface area contributed by atoms with Gasteiger partial charge in [-0.3, -0.25) is 57.7 Å². The summed E-state index contributed by atoms with van der Waals surface area (Å²) < 4.78 is 0. The Balaban J connectivity index is 3.30. The maximum Gasteiger partial charge on any atom is 0.326 e. The van der Waals surface area contributed by atoms with Crippen LogP contribution in [-0.2, 0) is 64.0 Å². The molecule has 1 aromatic carbocycles. The highest BCUT2D eigenvalue weighted by molar-refractivity contribution is 5.99. The number of nitrogens with zero attached hydrogens (tertiary/aromatic N) is 1. The summed E-state index contributed by atoms with van der Waals surface area (Å²) in [5, 5.41) is 60.8. The van der Waals surface area contributed by atoms with Crippen molar-refractivity contribution in [1.82, 2.24) is 47.9 Å². The Morgan fingerprint density at radius 2 is 1.00 bits per heavy atom. The number of guanidine groups is 1. The molecule has 0 aliphatic heterocycles. The minimum atomic E-state index is -1.88. The van der Waals surface area contributed by atoms with Gasteiger partial charge in [0.1, 0.15) is 48.3 Å². The molecule has 30 nitrogen and oxygen atoms in total. The Labute approximate surface area is 456 Å². The average molecular weight is 1120 g/mol.